The summed E-state index contributed by atoms with van der Waals surface area (Å²) in [5.41, 5.74) is 2.70. The van der Waals surface area contributed by atoms with Crippen LogP contribution in [0.2, 0.25) is 0 Å². The number of carbonyl (C=O) groups excluding carboxylic acids is 1. The van der Waals surface area contributed by atoms with Gasteiger partial charge in [0, 0.05) is 25.4 Å². The summed E-state index contributed by atoms with van der Waals surface area (Å²) >= 11 is 0. The summed E-state index contributed by atoms with van der Waals surface area (Å²) in [6, 6.07) is 4.91. The molecule has 1 aromatic carbocycles. The Morgan fingerprint density at radius 2 is 2.04 bits per heavy atom. The maximum Gasteiger partial charge on any atom is 0.307 e. The van der Waals surface area contributed by atoms with Crippen molar-refractivity contribution >= 4 is 16.0 Å². The van der Waals surface area contributed by atoms with E-state index in [9.17, 15) is 13.2 Å². The standard InChI is InChI=1S/C16H21N3O4S/c1-12-4-5-15(8-13(12)2)24(21,22)18-7-6-16(20)23-11-14-9-17-19(3)10-14/h4-5,8-10,18H,6-7,11H2,1-3H3. The smallest absolute Gasteiger partial charge is 0.307 e. The van der Waals surface area contributed by atoms with Gasteiger partial charge in [0.1, 0.15) is 6.61 Å². The predicted octanol–water partition coefficient (Wildman–Crippen LogP) is 1.45. The van der Waals surface area contributed by atoms with Crippen LogP contribution in [0.5, 0.6) is 0 Å². The number of ether oxygens (including phenoxy) is 1. The average molecular weight is 351 g/mol. The van der Waals surface area contributed by atoms with Crippen molar-refractivity contribution in [2.75, 3.05) is 6.54 Å². The molecule has 0 atom stereocenters. The molecule has 8 heteroatoms. The number of sulfonamides is 1. The molecular weight excluding hydrogens is 330 g/mol. The molecule has 0 amide bonds. The van der Waals surface area contributed by atoms with E-state index in [-0.39, 0.29) is 24.5 Å². The second-order valence-corrected chi connectivity index (χ2v) is 7.34. The van der Waals surface area contributed by atoms with E-state index in [0.29, 0.717) is 0 Å². The summed E-state index contributed by atoms with van der Waals surface area (Å²) in [6.45, 7) is 3.87. The first-order valence-electron chi connectivity index (χ1n) is 7.48. The summed E-state index contributed by atoms with van der Waals surface area (Å²) in [5, 5.41) is 3.97. The lowest BCUT2D eigenvalue weighted by molar-refractivity contribution is -0.144. The first-order valence-corrected chi connectivity index (χ1v) is 8.96. The molecular formula is C16H21N3O4S. The predicted molar refractivity (Wildman–Crippen MR) is 88.7 cm³/mol. The van der Waals surface area contributed by atoms with Crippen LogP contribution in [0.4, 0.5) is 0 Å². The lowest BCUT2D eigenvalue weighted by Gasteiger charge is -2.08. The number of nitrogens with one attached hydrogen (secondary N) is 1. The third-order valence-electron chi connectivity index (χ3n) is 3.57. The second kappa shape index (κ2) is 7.59. The van der Waals surface area contributed by atoms with Crippen LogP contribution in [0.25, 0.3) is 0 Å². The van der Waals surface area contributed by atoms with Gasteiger partial charge in [0.05, 0.1) is 17.5 Å². The highest BCUT2D eigenvalue weighted by atomic mass is 32.2. The molecule has 0 spiro atoms. The van der Waals surface area contributed by atoms with E-state index in [4.69, 9.17) is 4.74 Å². The van der Waals surface area contributed by atoms with Crippen molar-refractivity contribution in [3.63, 3.8) is 0 Å². The van der Waals surface area contributed by atoms with E-state index >= 15 is 0 Å². The number of aryl methyl sites for hydroxylation is 3. The van der Waals surface area contributed by atoms with Crippen molar-refractivity contribution in [2.45, 2.75) is 31.8 Å². The van der Waals surface area contributed by atoms with Crippen molar-refractivity contribution in [3.05, 3.63) is 47.3 Å². The van der Waals surface area contributed by atoms with E-state index in [1.54, 1.807) is 42.3 Å². The number of nitrogens with zero attached hydrogens (tertiary/aromatic N) is 2. The fourth-order valence-electron chi connectivity index (χ4n) is 2.03. The van der Waals surface area contributed by atoms with Crippen molar-refractivity contribution in [2.24, 2.45) is 7.05 Å². The van der Waals surface area contributed by atoms with Crippen LogP contribution >= 0.6 is 0 Å². The number of rotatable bonds is 7. The fraction of sp³-hybridized carbons (Fsp3) is 0.375. The van der Waals surface area contributed by atoms with E-state index in [1.165, 1.54) is 0 Å². The average Bonchev–Trinajstić information content (AvgIpc) is 2.93. The monoisotopic (exact) mass is 351 g/mol. The lowest BCUT2D eigenvalue weighted by Crippen LogP contribution is -2.26. The maximum atomic E-state index is 12.2. The molecule has 0 bridgehead atoms. The number of esters is 1. The molecule has 0 radical (unpaired) electrons. The SMILES string of the molecule is Cc1ccc(S(=O)(=O)NCCC(=O)OCc2cnn(C)c2)cc1C. The molecule has 1 aromatic heterocycles. The van der Waals surface area contributed by atoms with Gasteiger partial charge >= 0.3 is 5.97 Å². The van der Waals surface area contributed by atoms with Crippen molar-refractivity contribution in [1.82, 2.24) is 14.5 Å². The normalized spacial score (nSPS) is 11.5. The molecule has 0 aliphatic heterocycles. The Hall–Kier alpha value is -2.19. The summed E-state index contributed by atoms with van der Waals surface area (Å²) in [4.78, 5) is 11.8. The highest BCUT2D eigenvalue weighted by Crippen LogP contribution is 2.14. The Morgan fingerprint density at radius 1 is 1.29 bits per heavy atom. The van der Waals surface area contributed by atoms with Crippen LogP contribution in [0.15, 0.2) is 35.5 Å². The van der Waals surface area contributed by atoms with Gasteiger partial charge in [0.15, 0.2) is 0 Å². The number of benzene rings is 1. The molecule has 2 rings (SSSR count). The Kier molecular flexibility index (Phi) is 5.74. The van der Waals surface area contributed by atoms with Gasteiger partial charge in [-0.15, -0.1) is 0 Å². The molecule has 0 aliphatic rings. The van der Waals surface area contributed by atoms with Crippen LogP contribution in [0.1, 0.15) is 23.1 Å². The quantitative estimate of drug-likeness (QED) is 0.763. The summed E-state index contributed by atoms with van der Waals surface area (Å²) in [5.74, 6) is -0.471. The summed E-state index contributed by atoms with van der Waals surface area (Å²) in [6.07, 6.45) is 3.32. The van der Waals surface area contributed by atoms with E-state index in [0.717, 1.165) is 16.7 Å². The number of hydrogen-bond donors (Lipinski definition) is 1. The molecule has 0 unspecified atom stereocenters. The minimum absolute atomic E-state index is 0.0128. The summed E-state index contributed by atoms with van der Waals surface area (Å²) in [7, 11) is -1.86. The molecule has 2 aromatic rings. The molecule has 24 heavy (non-hydrogen) atoms. The molecule has 0 aliphatic carbocycles. The number of aromatic nitrogens is 2. The maximum absolute atomic E-state index is 12.2. The van der Waals surface area contributed by atoms with Gasteiger partial charge in [-0.2, -0.15) is 5.10 Å². The Morgan fingerprint density at radius 3 is 2.67 bits per heavy atom. The minimum atomic E-state index is -3.63. The van der Waals surface area contributed by atoms with Crippen LogP contribution in [-0.2, 0) is 33.2 Å². The van der Waals surface area contributed by atoms with Crippen molar-refractivity contribution in [3.8, 4) is 0 Å². The summed E-state index contributed by atoms with van der Waals surface area (Å²) < 4.78 is 33.5. The van der Waals surface area contributed by atoms with Gasteiger partial charge in [-0.05, 0) is 37.1 Å². The van der Waals surface area contributed by atoms with Crippen molar-refractivity contribution in [1.29, 1.82) is 0 Å². The van der Waals surface area contributed by atoms with Crippen LogP contribution < -0.4 is 4.72 Å². The highest BCUT2D eigenvalue weighted by molar-refractivity contribution is 7.89. The topological polar surface area (TPSA) is 90.3 Å². The molecule has 1 heterocycles. The molecule has 1 N–H and O–H groups in total. The third kappa shape index (κ3) is 4.90. The number of hydrogen-bond acceptors (Lipinski definition) is 5. The zero-order valence-electron chi connectivity index (χ0n) is 13.9. The van der Waals surface area contributed by atoms with Gasteiger partial charge in [0.2, 0.25) is 10.0 Å². The Balaban J connectivity index is 1.81. The zero-order chi connectivity index (χ0) is 17.7. The molecule has 130 valence electrons. The van der Waals surface area contributed by atoms with E-state index in [1.807, 2.05) is 13.8 Å². The van der Waals surface area contributed by atoms with E-state index < -0.39 is 16.0 Å². The first-order chi connectivity index (χ1) is 11.3. The van der Waals surface area contributed by atoms with Gasteiger partial charge in [-0.1, -0.05) is 6.07 Å². The third-order valence-corrected chi connectivity index (χ3v) is 5.03. The molecule has 0 saturated heterocycles. The fourth-order valence-corrected chi connectivity index (χ4v) is 3.15. The van der Waals surface area contributed by atoms with Gasteiger partial charge in [-0.3, -0.25) is 9.48 Å². The molecule has 0 saturated carbocycles. The van der Waals surface area contributed by atoms with Crippen LogP contribution in [-0.4, -0.2) is 30.7 Å². The van der Waals surface area contributed by atoms with Gasteiger partial charge < -0.3 is 4.74 Å². The van der Waals surface area contributed by atoms with Gasteiger partial charge in [-0.25, -0.2) is 13.1 Å². The zero-order valence-corrected chi connectivity index (χ0v) is 14.8. The Labute approximate surface area is 141 Å². The highest BCUT2D eigenvalue weighted by Gasteiger charge is 2.15. The van der Waals surface area contributed by atoms with Crippen LogP contribution in [0.3, 0.4) is 0 Å². The van der Waals surface area contributed by atoms with Crippen molar-refractivity contribution < 1.29 is 17.9 Å². The lowest BCUT2D eigenvalue weighted by atomic mass is 10.1. The molecule has 7 nitrogen and oxygen atoms in total. The minimum Gasteiger partial charge on any atom is -0.461 e. The van der Waals surface area contributed by atoms with E-state index in [2.05, 4.69) is 9.82 Å². The second-order valence-electron chi connectivity index (χ2n) is 5.58. The Bertz CT molecular complexity index is 828. The van der Waals surface area contributed by atoms with Gasteiger partial charge in [0.25, 0.3) is 0 Å². The van der Waals surface area contributed by atoms with Crippen LogP contribution in [0, 0.1) is 13.8 Å². The largest absolute Gasteiger partial charge is 0.461 e. The molecule has 0 fully saturated rings. The first kappa shape index (κ1) is 18.2. The number of carbonyl (C=O) groups is 1.